The molecule has 1 aromatic carbocycles. The van der Waals surface area contributed by atoms with E-state index < -0.39 is 0 Å². The van der Waals surface area contributed by atoms with E-state index in [0.717, 1.165) is 27.0 Å². The molecule has 0 aliphatic carbocycles. The minimum Gasteiger partial charge on any atom is -0.389 e. The van der Waals surface area contributed by atoms with Gasteiger partial charge in [0.2, 0.25) is 0 Å². The van der Waals surface area contributed by atoms with Crippen LogP contribution in [0, 0.1) is 0 Å². The Morgan fingerprint density at radius 2 is 2.29 bits per heavy atom. The second-order valence-electron chi connectivity index (χ2n) is 2.96. The topological polar surface area (TPSA) is 38.9 Å². The zero-order valence-corrected chi connectivity index (χ0v) is 8.98. The van der Waals surface area contributed by atoms with Gasteiger partial charge < -0.3 is 5.73 Å². The summed E-state index contributed by atoms with van der Waals surface area (Å²) in [5, 5.41) is 2.53. The third-order valence-electron chi connectivity index (χ3n) is 1.82. The number of nitrogens with two attached hydrogens (primary N) is 1. The van der Waals surface area contributed by atoms with E-state index in [1.807, 2.05) is 24.3 Å². The Bertz CT molecular complexity index is 439. The summed E-state index contributed by atoms with van der Waals surface area (Å²) < 4.78 is 0. The van der Waals surface area contributed by atoms with E-state index >= 15 is 0 Å². The van der Waals surface area contributed by atoms with Crippen molar-refractivity contribution >= 4 is 27.9 Å². The Morgan fingerprint density at radius 3 is 2.93 bits per heavy atom. The maximum absolute atomic E-state index is 5.87. The van der Waals surface area contributed by atoms with E-state index in [0.29, 0.717) is 0 Å². The first-order valence-corrected chi connectivity index (χ1v) is 5.38. The molecule has 0 radical (unpaired) electrons. The molecular formula is C10H9ClN2S. The van der Waals surface area contributed by atoms with Gasteiger partial charge in [0.1, 0.15) is 5.00 Å². The molecule has 1 aromatic heterocycles. The third kappa shape index (κ3) is 2.25. The molecule has 0 aliphatic heterocycles. The lowest BCUT2D eigenvalue weighted by molar-refractivity contribution is 1.14. The normalized spacial score (nSPS) is 10.4. The highest BCUT2D eigenvalue weighted by atomic mass is 35.5. The molecule has 0 fully saturated rings. The average Bonchev–Trinajstić information content (AvgIpc) is 2.51. The Balaban J connectivity index is 2.18. The fraction of sp³-hybridized carbons (Fsp3) is 0.100. The van der Waals surface area contributed by atoms with Crippen molar-refractivity contribution in [2.24, 2.45) is 0 Å². The third-order valence-corrected chi connectivity index (χ3v) is 2.88. The number of benzene rings is 1. The van der Waals surface area contributed by atoms with Crippen LogP contribution in [-0.2, 0) is 6.42 Å². The summed E-state index contributed by atoms with van der Waals surface area (Å²) >= 11 is 7.39. The first-order chi connectivity index (χ1) is 6.74. The molecule has 4 heteroatoms. The van der Waals surface area contributed by atoms with Crippen LogP contribution in [0.5, 0.6) is 0 Å². The van der Waals surface area contributed by atoms with Gasteiger partial charge in [-0.05, 0) is 17.7 Å². The van der Waals surface area contributed by atoms with Gasteiger partial charge in [0.05, 0.1) is 11.2 Å². The average molecular weight is 225 g/mol. The molecule has 2 nitrogen and oxygen atoms in total. The van der Waals surface area contributed by atoms with Crippen LogP contribution in [0.1, 0.15) is 10.6 Å². The van der Waals surface area contributed by atoms with Crippen LogP contribution < -0.4 is 5.73 Å². The molecule has 2 N–H and O–H groups in total. The molecule has 2 aromatic rings. The number of halogens is 1. The molecule has 14 heavy (non-hydrogen) atoms. The monoisotopic (exact) mass is 224 g/mol. The molecule has 72 valence electrons. The number of aromatic nitrogens is 1. The summed E-state index contributed by atoms with van der Waals surface area (Å²) in [6.45, 7) is 0. The molecule has 0 aliphatic rings. The number of nitrogen functional groups attached to an aromatic ring is 1. The molecule has 1 heterocycles. The predicted molar refractivity (Wildman–Crippen MR) is 60.8 cm³/mol. The quantitative estimate of drug-likeness (QED) is 0.852. The van der Waals surface area contributed by atoms with Crippen molar-refractivity contribution in [3.63, 3.8) is 0 Å². The minimum atomic E-state index is 0.752. The number of nitrogens with zero attached hydrogens (tertiary/aromatic N) is 1. The van der Waals surface area contributed by atoms with E-state index in [-0.39, 0.29) is 0 Å². The molecule has 0 bridgehead atoms. The van der Waals surface area contributed by atoms with Gasteiger partial charge in [0.15, 0.2) is 0 Å². The second kappa shape index (κ2) is 3.98. The molecule has 0 atom stereocenters. The largest absolute Gasteiger partial charge is 0.389 e. The summed E-state index contributed by atoms with van der Waals surface area (Å²) in [5.41, 5.74) is 6.75. The molecule has 2 rings (SSSR count). The van der Waals surface area contributed by atoms with Crippen molar-refractivity contribution in [1.29, 1.82) is 0 Å². The van der Waals surface area contributed by atoms with Crippen LogP contribution in [0.2, 0.25) is 5.02 Å². The highest BCUT2D eigenvalue weighted by Gasteiger charge is 2.01. The zero-order chi connectivity index (χ0) is 9.97. The fourth-order valence-electron chi connectivity index (χ4n) is 1.23. The maximum Gasteiger partial charge on any atom is 0.106 e. The van der Waals surface area contributed by atoms with Crippen LogP contribution in [0.25, 0.3) is 0 Å². The van der Waals surface area contributed by atoms with Gasteiger partial charge in [-0.15, -0.1) is 11.3 Å². The Hall–Kier alpha value is -1.06. The van der Waals surface area contributed by atoms with Gasteiger partial charge in [0, 0.05) is 11.4 Å². The Kier molecular flexibility index (Phi) is 2.70. The van der Waals surface area contributed by atoms with Crippen molar-refractivity contribution < 1.29 is 0 Å². The molecule has 0 unspecified atom stereocenters. The van der Waals surface area contributed by atoms with Crippen LogP contribution in [0.4, 0.5) is 5.00 Å². The van der Waals surface area contributed by atoms with Gasteiger partial charge in [0.25, 0.3) is 0 Å². The van der Waals surface area contributed by atoms with Crippen LogP contribution in [-0.4, -0.2) is 4.98 Å². The molecule has 0 spiro atoms. The molecular weight excluding hydrogens is 216 g/mol. The van der Waals surface area contributed by atoms with Crippen molar-refractivity contribution in [3.8, 4) is 0 Å². The standard InChI is InChI=1S/C10H9ClN2S/c11-8-3-1-2-7(4-8)5-10-13-6-9(12)14-10/h1-4,6H,5,12H2. The smallest absolute Gasteiger partial charge is 0.106 e. The van der Waals surface area contributed by atoms with Gasteiger partial charge in [-0.1, -0.05) is 23.7 Å². The van der Waals surface area contributed by atoms with Gasteiger partial charge in [-0.25, -0.2) is 4.98 Å². The van der Waals surface area contributed by atoms with Gasteiger partial charge in [-0.3, -0.25) is 0 Å². The lowest BCUT2D eigenvalue weighted by Gasteiger charge is -1.97. The fourth-order valence-corrected chi connectivity index (χ4v) is 2.16. The minimum absolute atomic E-state index is 0.752. The van der Waals surface area contributed by atoms with Crippen LogP contribution in [0.15, 0.2) is 30.5 Å². The number of hydrogen-bond acceptors (Lipinski definition) is 3. The summed E-state index contributed by atoms with van der Waals surface area (Å²) in [6.07, 6.45) is 2.48. The SMILES string of the molecule is Nc1cnc(Cc2cccc(Cl)c2)s1. The van der Waals surface area contributed by atoms with E-state index in [1.54, 1.807) is 6.20 Å². The van der Waals surface area contributed by atoms with Crippen molar-refractivity contribution in [1.82, 2.24) is 4.98 Å². The lowest BCUT2D eigenvalue weighted by Crippen LogP contribution is -1.85. The maximum atomic E-state index is 5.87. The van der Waals surface area contributed by atoms with E-state index in [1.165, 1.54) is 11.3 Å². The van der Waals surface area contributed by atoms with Crippen molar-refractivity contribution in [2.75, 3.05) is 5.73 Å². The van der Waals surface area contributed by atoms with Gasteiger partial charge >= 0.3 is 0 Å². The van der Waals surface area contributed by atoms with Crippen molar-refractivity contribution in [2.45, 2.75) is 6.42 Å². The van der Waals surface area contributed by atoms with Gasteiger partial charge in [-0.2, -0.15) is 0 Å². The van der Waals surface area contributed by atoms with Crippen LogP contribution >= 0.6 is 22.9 Å². The Labute approximate surface area is 91.4 Å². The first kappa shape index (κ1) is 9.49. The molecule has 0 saturated carbocycles. The predicted octanol–water partition coefficient (Wildman–Crippen LogP) is 2.97. The highest BCUT2D eigenvalue weighted by molar-refractivity contribution is 7.15. The zero-order valence-electron chi connectivity index (χ0n) is 7.40. The van der Waals surface area contributed by atoms with E-state index in [4.69, 9.17) is 17.3 Å². The summed E-state index contributed by atoms with van der Waals surface area (Å²) in [4.78, 5) is 4.19. The summed E-state index contributed by atoms with van der Waals surface area (Å²) in [7, 11) is 0. The van der Waals surface area contributed by atoms with Crippen molar-refractivity contribution in [3.05, 3.63) is 46.1 Å². The molecule has 0 amide bonds. The highest BCUT2D eigenvalue weighted by Crippen LogP contribution is 2.19. The summed E-state index contributed by atoms with van der Waals surface area (Å²) in [5.74, 6) is 0. The lowest BCUT2D eigenvalue weighted by atomic mass is 10.2. The number of hydrogen-bond donors (Lipinski definition) is 1. The van der Waals surface area contributed by atoms with E-state index in [2.05, 4.69) is 4.98 Å². The Morgan fingerprint density at radius 1 is 1.43 bits per heavy atom. The second-order valence-corrected chi connectivity index (χ2v) is 4.55. The summed E-state index contributed by atoms with van der Waals surface area (Å²) in [6, 6.07) is 7.78. The number of thiazole rings is 1. The molecule has 0 saturated heterocycles. The first-order valence-electron chi connectivity index (χ1n) is 4.18. The number of anilines is 1. The number of rotatable bonds is 2. The van der Waals surface area contributed by atoms with E-state index in [9.17, 15) is 0 Å². The van der Waals surface area contributed by atoms with Crippen LogP contribution in [0.3, 0.4) is 0 Å².